The summed E-state index contributed by atoms with van der Waals surface area (Å²) in [6.07, 6.45) is 0. The van der Waals surface area contributed by atoms with E-state index in [1.54, 1.807) is 37.3 Å². The number of carbonyl (C=O) groups is 2. The smallest absolute Gasteiger partial charge is 0.313 e. The molecule has 0 spiro atoms. The van der Waals surface area contributed by atoms with Crippen LogP contribution < -0.4 is 10.6 Å². The molecule has 3 rings (SSSR count). The molecule has 2 aromatic carbocycles. The fourth-order valence-electron chi connectivity index (χ4n) is 2.59. The molecule has 2 amide bonds. The van der Waals surface area contributed by atoms with Crippen molar-refractivity contribution >= 4 is 40.1 Å². The van der Waals surface area contributed by atoms with E-state index in [1.165, 1.54) is 6.92 Å². The lowest BCUT2D eigenvalue weighted by Gasteiger charge is -2.21. The van der Waals surface area contributed by atoms with Gasteiger partial charge in [0.1, 0.15) is 16.9 Å². The maximum atomic E-state index is 12.1. The lowest BCUT2D eigenvalue weighted by atomic mass is 10.0. The molecule has 6 nitrogen and oxygen atoms in total. The SMILES string of the molecule is Cc1c(Cl)cccc1NC(=O)C(=O)NCC(C)(O)c1cc2ccccc2o1. The number of rotatable bonds is 4. The zero-order valence-electron chi connectivity index (χ0n) is 14.9. The summed E-state index contributed by atoms with van der Waals surface area (Å²) in [5.41, 5.74) is 0.274. The van der Waals surface area contributed by atoms with Gasteiger partial charge in [0.15, 0.2) is 0 Å². The van der Waals surface area contributed by atoms with E-state index in [0.717, 1.165) is 5.39 Å². The number of hydrogen-bond acceptors (Lipinski definition) is 4. The molecule has 1 aromatic heterocycles. The third-order valence-electron chi connectivity index (χ3n) is 4.27. The first kappa shape index (κ1) is 18.9. The number of amides is 2. The quantitative estimate of drug-likeness (QED) is 0.599. The minimum absolute atomic E-state index is 0.187. The second-order valence-corrected chi connectivity index (χ2v) is 6.88. The van der Waals surface area contributed by atoms with E-state index in [-0.39, 0.29) is 6.54 Å². The maximum Gasteiger partial charge on any atom is 0.313 e. The molecular weight excluding hydrogens is 368 g/mol. The van der Waals surface area contributed by atoms with Crippen molar-refractivity contribution in [1.29, 1.82) is 0 Å². The standard InChI is InChI=1S/C20H19ClN2O4/c1-12-14(21)7-5-8-15(12)23-19(25)18(24)22-11-20(2,26)17-10-13-6-3-4-9-16(13)27-17/h3-10,26H,11H2,1-2H3,(H,22,24)(H,23,25). The largest absolute Gasteiger partial charge is 0.458 e. The molecule has 0 radical (unpaired) electrons. The highest BCUT2D eigenvalue weighted by atomic mass is 35.5. The van der Waals surface area contributed by atoms with Crippen LogP contribution in [0.1, 0.15) is 18.2 Å². The van der Waals surface area contributed by atoms with Crippen LogP contribution in [0.4, 0.5) is 5.69 Å². The van der Waals surface area contributed by atoms with Gasteiger partial charge in [-0.3, -0.25) is 9.59 Å². The number of benzene rings is 2. The molecule has 0 saturated carbocycles. The van der Waals surface area contributed by atoms with Gasteiger partial charge in [-0.1, -0.05) is 35.9 Å². The first-order valence-electron chi connectivity index (χ1n) is 8.33. The molecule has 0 aliphatic carbocycles. The Morgan fingerprint density at radius 1 is 1.15 bits per heavy atom. The fourth-order valence-corrected chi connectivity index (χ4v) is 2.76. The van der Waals surface area contributed by atoms with Crippen LogP contribution in [0, 0.1) is 6.92 Å². The Morgan fingerprint density at radius 3 is 2.63 bits per heavy atom. The number of furan rings is 1. The molecule has 0 fully saturated rings. The monoisotopic (exact) mass is 386 g/mol. The van der Waals surface area contributed by atoms with Crippen molar-refractivity contribution in [3.8, 4) is 0 Å². The number of carbonyl (C=O) groups excluding carboxylic acids is 2. The fraction of sp³-hybridized carbons (Fsp3) is 0.200. The predicted octanol–water partition coefficient (Wildman–Crippen LogP) is 3.36. The molecule has 7 heteroatoms. The van der Waals surface area contributed by atoms with E-state index >= 15 is 0 Å². The maximum absolute atomic E-state index is 12.1. The van der Waals surface area contributed by atoms with Gasteiger partial charge in [-0.05, 0) is 43.7 Å². The van der Waals surface area contributed by atoms with E-state index in [0.29, 0.717) is 27.6 Å². The number of nitrogens with one attached hydrogen (secondary N) is 2. The molecule has 1 heterocycles. The Bertz CT molecular complexity index is 977. The number of fused-ring (bicyclic) bond motifs is 1. The van der Waals surface area contributed by atoms with Crippen LogP contribution in [-0.4, -0.2) is 23.5 Å². The first-order valence-corrected chi connectivity index (χ1v) is 8.71. The second kappa shape index (κ2) is 7.42. The lowest BCUT2D eigenvalue weighted by molar-refractivity contribution is -0.136. The zero-order valence-corrected chi connectivity index (χ0v) is 15.6. The van der Waals surface area contributed by atoms with E-state index in [9.17, 15) is 14.7 Å². The zero-order chi connectivity index (χ0) is 19.6. The van der Waals surface area contributed by atoms with Crippen molar-refractivity contribution in [2.45, 2.75) is 19.4 Å². The van der Waals surface area contributed by atoms with Gasteiger partial charge in [-0.2, -0.15) is 0 Å². The van der Waals surface area contributed by atoms with Gasteiger partial charge in [0.2, 0.25) is 0 Å². The summed E-state index contributed by atoms with van der Waals surface area (Å²) in [5.74, 6) is -1.42. The molecule has 1 atom stereocenters. The van der Waals surface area contributed by atoms with Gasteiger partial charge in [-0.15, -0.1) is 0 Å². The molecule has 3 N–H and O–H groups in total. The summed E-state index contributed by atoms with van der Waals surface area (Å²) >= 11 is 6.00. The number of hydrogen-bond donors (Lipinski definition) is 3. The number of aliphatic hydroxyl groups is 1. The predicted molar refractivity (Wildman–Crippen MR) is 104 cm³/mol. The Morgan fingerprint density at radius 2 is 1.89 bits per heavy atom. The Kier molecular flexibility index (Phi) is 5.21. The van der Waals surface area contributed by atoms with Crippen molar-refractivity contribution in [1.82, 2.24) is 5.32 Å². The van der Waals surface area contributed by atoms with Crippen LogP contribution in [0.25, 0.3) is 11.0 Å². The molecule has 0 saturated heterocycles. The highest BCUT2D eigenvalue weighted by molar-refractivity contribution is 6.40. The van der Waals surface area contributed by atoms with Crippen molar-refractivity contribution in [2.75, 3.05) is 11.9 Å². The van der Waals surface area contributed by atoms with E-state index in [2.05, 4.69) is 10.6 Å². The van der Waals surface area contributed by atoms with Crippen LogP contribution in [-0.2, 0) is 15.2 Å². The Labute approximate surface area is 161 Å². The van der Waals surface area contributed by atoms with E-state index in [1.807, 2.05) is 18.2 Å². The normalized spacial score (nSPS) is 13.2. The van der Waals surface area contributed by atoms with Crippen molar-refractivity contribution in [3.63, 3.8) is 0 Å². The Hall–Kier alpha value is -2.83. The molecular formula is C20H19ClN2O4. The number of anilines is 1. The molecule has 0 aliphatic rings. The summed E-state index contributed by atoms with van der Waals surface area (Å²) in [6, 6.07) is 14.1. The average molecular weight is 387 g/mol. The molecule has 27 heavy (non-hydrogen) atoms. The topological polar surface area (TPSA) is 91.6 Å². The third kappa shape index (κ3) is 4.13. The summed E-state index contributed by atoms with van der Waals surface area (Å²) in [7, 11) is 0. The lowest BCUT2D eigenvalue weighted by Crippen LogP contribution is -2.43. The molecule has 1 unspecified atom stereocenters. The van der Waals surface area contributed by atoms with E-state index in [4.69, 9.17) is 16.0 Å². The van der Waals surface area contributed by atoms with Gasteiger partial charge in [0, 0.05) is 16.1 Å². The molecule has 0 bridgehead atoms. The van der Waals surface area contributed by atoms with Crippen LogP contribution in [0.2, 0.25) is 5.02 Å². The van der Waals surface area contributed by atoms with Gasteiger partial charge in [0.25, 0.3) is 0 Å². The van der Waals surface area contributed by atoms with Gasteiger partial charge in [0.05, 0.1) is 6.54 Å². The van der Waals surface area contributed by atoms with Crippen LogP contribution in [0.3, 0.4) is 0 Å². The van der Waals surface area contributed by atoms with E-state index < -0.39 is 17.4 Å². The first-order chi connectivity index (χ1) is 12.8. The minimum Gasteiger partial charge on any atom is -0.458 e. The Balaban J connectivity index is 1.65. The van der Waals surface area contributed by atoms with Crippen LogP contribution in [0.15, 0.2) is 52.9 Å². The average Bonchev–Trinajstić information content (AvgIpc) is 3.08. The molecule has 0 aliphatic heterocycles. The number of para-hydroxylation sites is 1. The number of halogens is 1. The highest BCUT2D eigenvalue weighted by Crippen LogP contribution is 2.27. The van der Waals surface area contributed by atoms with Crippen molar-refractivity contribution in [3.05, 3.63) is 64.9 Å². The second-order valence-electron chi connectivity index (χ2n) is 6.47. The van der Waals surface area contributed by atoms with Gasteiger partial charge in [-0.25, -0.2) is 0 Å². The van der Waals surface area contributed by atoms with Gasteiger partial charge < -0.3 is 20.2 Å². The summed E-state index contributed by atoms with van der Waals surface area (Å²) in [6.45, 7) is 3.06. The summed E-state index contributed by atoms with van der Waals surface area (Å²) < 4.78 is 5.63. The minimum atomic E-state index is -1.47. The van der Waals surface area contributed by atoms with Crippen LogP contribution >= 0.6 is 11.6 Å². The van der Waals surface area contributed by atoms with Crippen molar-refractivity contribution < 1.29 is 19.1 Å². The summed E-state index contributed by atoms with van der Waals surface area (Å²) in [4.78, 5) is 24.2. The van der Waals surface area contributed by atoms with Crippen molar-refractivity contribution in [2.24, 2.45) is 0 Å². The highest BCUT2D eigenvalue weighted by Gasteiger charge is 2.29. The molecule has 140 valence electrons. The van der Waals surface area contributed by atoms with Crippen LogP contribution in [0.5, 0.6) is 0 Å². The summed E-state index contributed by atoms with van der Waals surface area (Å²) in [5, 5.41) is 16.9. The molecule has 3 aromatic rings. The third-order valence-corrected chi connectivity index (χ3v) is 4.68. The van der Waals surface area contributed by atoms with Gasteiger partial charge >= 0.3 is 11.8 Å².